The van der Waals surface area contributed by atoms with Crippen LogP contribution in [0.2, 0.25) is 0 Å². The Hall–Kier alpha value is -1.37. The van der Waals surface area contributed by atoms with Crippen molar-refractivity contribution in [3.8, 4) is 5.75 Å². The number of aliphatic hydroxyl groups excluding tert-OH is 1. The lowest BCUT2D eigenvalue weighted by Crippen LogP contribution is -2.32. The number of hydrogen-bond donors (Lipinski definition) is 2. The van der Waals surface area contributed by atoms with Gasteiger partial charge in [-0.05, 0) is 36.7 Å². The van der Waals surface area contributed by atoms with Crippen LogP contribution in [0, 0.1) is 0 Å². The minimum atomic E-state index is -0.530. The van der Waals surface area contributed by atoms with E-state index in [1.54, 1.807) is 4.68 Å². The van der Waals surface area contributed by atoms with E-state index in [9.17, 15) is 5.11 Å². The van der Waals surface area contributed by atoms with Crippen LogP contribution in [0.3, 0.4) is 0 Å². The first-order valence-electron chi connectivity index (χ1n) is 6.88. The Morgan fingerprint density at radius 1 is 1.48 bits per heavy atom. The van der Waals surface area contributed by atoms with Crippen molar-refractivity contribution in [1.29, 1.82) is 0 Å². The van der Waals surface area contributed by atoms with Crippen molar-refractivity contribution < 1.29 is 9.84 Å². The number of nitrogens with one attached hydrogen (secondary N) is 1. The average molecular weight is 354 g/mol. The van der Waals surface area contributed by atoms with Crippen molar-refractivity contribution >= 4 is 15.9 Å². The van der Waals surface area contributed by atoms with Gasteiger partial charge in [-0.15, -0.1) is 0 Å². The molecule has 0 radical (unpaired) electrons. The fraction of sp³-hybridized carbons (Fsp3) is 0.400. The quantitative estimate of drug-likeness (QED) is 0.710. The number of rotatable bonds is 8. The number of aryl methyl sites for hydroxylation is 1. The molecule has 2 aromatic rings. The van der Waals surface area contributed by atoms with Crippen LogP contribution in [-0.4, -0.2) is 40.7 Å². The highest BCUT2D eigenvalue weighted by Gasteiger charge is 2.05. The fourth-order valence-electron chi connectivity index (χ4n) is 1.91. The zero-order valence-electron chi connectivity index (χ0n) is 12.0. The number of aromatic nitrogens is 2. The minimum absolute atomic E-state index is 0.274. The summed E-state index contributed by atoms with van der Waals surface area (Å²) in [5.74, 6) is 0.749. The Morgan fingerprint density at radius 3 is 3.05 bits per heavy atom. The normalized spacial score (nSPS) is 12.3. The third-order valence-electron chi connectivity index (χ3n) is 2.97. The molecule has 6 heteroatoms. The Balaban J connectivity index is 1.60. The summed E-state index contributed by atoms with van der Waals surface area (Å²) in [5.41, 5.74) is 1.19. The predicted octanol–water partition coefficient (Wildman–Crippen LogP) is 1.75. The van der Waals surface area contributed by atoms with Crippen LogP contribution in [-0.2, 0) is 13.5 Å². The summed E-state index contributed by atoms with van der Waals surface area (Å²) in [6.45, 7) is 1.59. The lowest BCUT2D eigenvalue weighted by atomic mass is 10.2. The molecule has 0 aliphatic rings. The highest BCUT2D eigenvalue weighted by Crippen LogP contribution is 2.17. The van der Waals surface area contributed by atoms with Gasteiger partial charge in [-0.1, -0.05) is 22.0 Å². The molecule has 1 aromatic carbocycles. The van der Waals surface area contributed by atoms with Gasteiger partial charge in [-0.3, -0.25) is 4.68 Å². The predicted molar refractivity (Wildman–Crippen MR) is 85.4 cm³/mol. The molecule has 0 amide bonds. The van der Waals surface area contributed by atoms with Crippen molar-refractivity contribution in [3.63, 3.8) is 0 Å². The second-order valence-electron chi connectivity index (χ2n) is 4.90. The van der Waals surface area contributed by atoms with Gasteiger partial charge in [0, 0.05) is 24.3 Å². The second kappa shape index (κ2) is 8.17. The van der Waals surface area contributed by atoms with Crippen molar-refractivity contribution in [3.05, 3.63) is 46.7 Å². The number of nitrogens with zero attached hydrogens (tertiary/aromatic N) is 2. The van der Waals surface area contributed by atoms with Crippen LogP contribution in [0.15, 0.2) is 41.1 Å². The number of hydrogen-bond acceptors (Lipinski definition) is 4. The van der Waals surface area contributed by atoms with E-state index in [1.807, 2.05) is 43.7 Å². The fourth-order valence-corrected chi connectivity index (χ4v) is 2.29. The molecule has 2 rings (SSSR count). The molecular weight excluding hydrogens is 334 g/mol. The summed E-state index contributed by atoms with van der Waals surface area (Å²) in [6, 6.07) is 7.58. The molecule has 1 heterocycles. The molecule has 0 aliphatic heterocycles. The maximum absolute atomic E-state index is 9.87. The molecule has 0 saturated carbocycles. The molecule has 0 fully saturated rings. The molecule has 0 saturated heterocycles. The second-order valence-corrected chi connectivity index (χ2v) is 5.81. The van der Waals surface area contributed by atoms with Crippen molar-refractivity contribution in [2.24, 2.45) is 7.05 Å². The Labute approximate surface area is 133 Å². The summed E-state index contributed by atoms with van der Waals surface area (Å²) >= 11 is 3.38. The number of aliphatic hydroxyl groups is 1. The topological polar surface area (TPSA) is 59.3 Å². The summed E-state index contributed by atoms with van der Waals surface area (Å²) in [4.78, 5) is 0. The van der Waals surface area contributed by atoms with Gasteiger partial charge in [0.05, 0.1) is 6.20 Å². The van der Waals surface area contributed by atoms with Gasteiger partial charge in [-0.2, -0.15) is 5.10 Å². The summed E-state index contributed by atoms with van der Waals surface area (Å²) in [5, 5.41) is 17.2. The van der Waals surface area contributed by atoms with Gasteiger partial charge in [0.15, 0.2) is 0 Å². The van der Waals surface area contributed by atoms with Gasteiger partial charge in [-0.25, -0.2) is 0 Å². The summed E-state index contributed by atoms with van der Waals surface area (Å²) in [7, 11) is 1.90. The van der Waals surface area contributed by atoms with Crippen LogP contribution >= 0.6 is 15.9 Å². The lowest BCUT2D eigenvalue weighted by molar-refractivity contribution is 0.106. The van der Waals surface area contributed by atoms with E-state index in [1.165, 1.54) is 5.56 Å². The van der Waals surface area contributed by atoms with Gasteiger partial charge < -0.3 is 15.2 Å². The Morgan fingerprint density at radius 2 is 2.33 bits per heavy atom. The third kappa shape index (κ3) is 5.87. The molecule has 2 N–H and O–H groups in total. The average Bonchev–Trinajstić information content (AvgIpc) is 2.87. The maximum atomic E-state index is 9.87. The first kappa shape index (κ1) is 16.0. The van der Waals surface area contributed by atoms with Crippen molar-refractivity contribution in [1.82, 2.24) is 15.1 Å². The summed E-state index contributed by atoms with van der Waals surface area (Å²) in [6.07, 6.45) is 4.22. The lowest BCUT2D eigenvalue weighted by Gasteiger charge is -2.13. The minimum Gasteiger partial charge on any atom is -0.491 e. The van der Waals surface area contributed by atoms with Gasteiger partial charge in [0.25, 0.3) is 0 Å². The van der Waals surface area contributed by atoms with Crippen LogP contribution in [0.5, 0.6) is 5.75 Å². The molecule has 0 spiro atoms. The molecule has 114 valence electrons. The van der Waals surface area contributed by atoms with E-state index >= 15 is 0 Å². The van der Waals surface area contributed by atoms with Gasteiger partial charge >= 0.3 is 0 Å². The largest absolute Gasteiger partial charge is 0.491 e. The van der Waals surface area contributed by atoms with E-state index in [0.29, 0.717) is 6.54 Å². The third-order valence-corrected chi connectivity index (χ3v) is 3.46. The number of benzene rings is 1. The van der Waals surface area contributed by atoms with E-state index in [-0.39, 0.29) is 6.61 Å². The molecule has 1 unspecified atom stereocenters. The molecule has 21 heavy (non-hydrogen) atoms. The first-order valence-corrected chi connectivity index (χ1v) is 7.67. The zero-order chi connectivity index (χ0) is 15.1. The van der Waals surface area contributed by atoms with E-state index in [2.05, 4.69) is 26.3 Å². The molecule has 5 nitrogen and oxygen atoms in total. The van der Waals surface area contributed by atoms with Gasteiger partial charge in [0.2, 0.25) is 0 Å². The van der Waals surface area contributed by atoms with Crippen LogP contribution < -0.4 is 10.1 Å². The van der Waals surface area contributed by atoms with E-state index in [4.69, 9.17) is 4.74 Å². The monoisotopic (exact) mass is 353 g/mol. The number of halogens is 1. The number of ether oxygens (including phenoxy) is 1. The van der Waals surface area contributed by atoms with Crippen molar-refractivity contribution in [2.45, 2.75) is 12.5 Å². The van der Waals surface area contributed by atoms with Gasteiger partial charge in [0.1, 0.15) is 18.5 Å². The molecule has 0 bridgehead atoms. The maximum Gasteiger partial charge on any atom is 0.120 e. The standard InChI is InChI=1S/C15H20BrN3O2/c1-19-10-12(8-18-19)5-6-17-9-14(20)11-21-15-4-2-3-13(16)7-15/h2-4,7-8,10,14,17,20H,5-6,9,11H2,1H3. The van der Waals surface area contributed by atoms with Crippen LogP contribution in [0.25, 0.3) is 0 Å². The molecule has 1 aromatic heterocycles. The summed E-state index contributed by atoms with van der Waals surface area (Å²) < 4.78 is 8.28. The van der Waals surface area contributed by atoms with Crippen LogP contribution in [0.1, 0.15) is 5.56 Å². The van der Waals surface area contributed by atoms with Crippen LogP contribution in [0.4, 0.5) is 0 Å². The Kier molecular flexibility index (Phi) is 6.22. The highest BCUT2D eigenvalue weighted by molar-refractivity contribution is 9.10. The molecule has 1 atom stereocenters. The highest BCUT2D eigenvalue weighted by atomic mass is 79.9. The molecular formula is C15H20BrN3O2. The zero-order valence-corrected chi connectivity index (χ0v) is 13.6. The van der Waals surface area contributed by atoms with Crippen molar-refractivity contribution in [2.75, 3.05) is 19.7 Å². The van der Waals surface area contributed by atoms with E-state index < -0.39 is 6.10 Å². The Bertz CT molecular complexity index is 559. The van der Waals surface area contributed by atoms with E-state index in [0.717, 1.165) is 23.2 Å². The SMILES string of the molecule is Cn1cc(CCNCC(O)COc2cccc(Br)c2)cn1. The smallest absolute Gasteiger partial charge is 0.120 e. The first-order chi connectivity index (χ1) is 10.1. The molecule has 0 aliphatic carbocycles.